The minimum absolute atomic E-state index is 0.283. The summed E-state index contributed by atoms with van der Waals surface area (Å²) < 4.78 is 0. The molecule has 1 aliphatic carbocycles. The molecule has 3 rings (SSSR count). The first kappa shape index (κ1) is 12.2. The minimum Gasteiger partial charge on any atom is -0.395 e. The summed E-state index contributed by atoms with van der Waals surface area (Å²) >= 11 is 0. The maximum absolute atomic E-state index is 9.61. The first-order valence-electron chi connectivity index (χ1n) is 7.20. The Kier molecular flexibility index (Phi) is 3.40. The highest BCUT2D eigenvalue weighted by Crippen LogP contribution is 2.46. The lowest BCUT2D eigenvalue weighted by Gasteiger charge is -2.51. The van der Waals surface area contributed by atoms with Crippen molar-refractivity contribution in [2.45, 2.75) is 38.1 Å². The summed E-state index contributed by atoms with van der Waals surface area (Å²) in [5, 5.41) is 9.61. The van der Waals surface area contributed by atoms with Crippen LogP contribution in [-0.4, -0.2) is 35.7 Å². The molecular weight excluding hydrogens is 222 g/mol. The van der Waals surface area contributed by atoms with Gasteiger partial charge in [0.1, 0.15) is 0 Å². The normalized spacial score (nSPS) is 24.1. The van der Waals surface area contributed by atoms with Gasteiger partial charge < -0.3 is 5.11 Å². The maximum atomic E-state index is 9.61. The molecule has 0 radical (unpaired) electrons. The molecule has 0 aromatic heterocycles. The Balaban J connectivity index is 1.58. The zero-order valence-corrected chi connectivity index (χ0v) is 11.0. The van der Waals surface area contributed by atoms with E-state index in [1.807, 2.05) is 0 Å². The van der Waals surface area contributed by atoms with Gasteiger partial charge in [-0.3, -0.25) is 4.90 Å². The fourth-order valence-corrected chi connectivity index (χ4v) is 3.71. The van der Waals surface area contributed by atoms with Crippen molar-refractivity contribution in [3.05, 3.63) is 35.9 Å². The molecule has 0 bridgehead atoms. The average Bonchev–Trinajstić information content (AvgIpc) is 2.85. The number of hydrogen-bond donors (Lipinski definition) is 1. The van der Waals surface area contributed by atoms with Crippen molar-refractivity contribution >= 4 is 0 Å². The van der Waals surface area contributed by atoms with Gasteiger partial charge in [-0.1, -0.05) is 43.2 Å². The molecule has 2 heteroatoms. The summed E-state index contributed by atoms with van der Waals surface area (Å²) in [5.74, 6) is 0. The zero-order valence-electron chi connectivity index (χ0n) is 11.0. The van der Waals surface area contributed by atoms with Gasteiger partial charge in [0, 0.05) is 19.1 Å². The number of nitrogens with zero attached hydrogens (tertiary/aromatic N) is 1. The van der Waals surface area contributed by atoms with Crippen molar-refractivity contribution in [3.63, 3.8) is 0 Å². The quantitative estimate of drug-likeness (QED) is 0.881. The summed E-state index contributed by atoms with van der Waals surface area (Å²) in [6.45, 7) is 2.71. The van der Waals surface area contributed by atoms with Crippen LogP contribution in [0.4, 0.5) is 0 Å². The van der Waals surface area contributed by atoms with Crippen molar-refractivity contribution in [1.29, 1.82) is 0 Å². The van der Waals surface area contributed by atoms with E-state index in [0.717, 1.165) is 6.42 Å². The third kappa shape index (κ3) is 2.32. The van der Waals surface area contributed by atoms with Crippen molar-refractivity contribution in [2.75, 3.05) is 19.7 Å². The fourth-order valence-electron chi connectivity index (χ4n) is 3.71. The lowest BCUT2D eigenvalue weighted by Crippen LogP contribution is -2.60. The Labute approximate surface area is 110 Å². The van der Waals surface area contributed by atoms with Crippen LogP contribution in [0.1, 0.15) is 31.2 Å². The van der Waals surface area contributed by atoms with E-state index in [9.17, 15) is 5.11 Å². The molecule has 1 saturated carbocycles. The van der Waals surface area contributed by atoms with Gasteiger partial charge in [-0.2, -0.15) is 0 Å². The van der Waals surface area contributed by atoms with Gasteiger partial charge in [-0.15, -0.1) is 0 Å². The van der Waals surface area contributed by atoms with Gasteiger partial charge in [0.05, 0.1) is 6.61 Å². The second-order valence-corrected chi connectivity index (χ2v) is 6.14. The summed E-state index contributed by atoms with van der Waals surface area (Å²) in [7, 11) is 0. The van der Waals surface area contributed by atoms with E-state index in [1.54, 1.807) is 0 Å². The van der Waals surface area contributed by atoms with Crippen LogP contribution in [0, 0.1) is 5.41 Å². The highest BCUT2D eigenvalue weighted by molar-refractivity contribution is 5.16. The van der Waals surface area contributed by atoms with Crippen LogP contribution in [0.3, 0.4) is 0 Å². The number of aliphatic hydroxyl groups is 1. The highest BCUT2D eigenvalue weighted by atomic mass is 16.3. The number of likely N-dealkylation sites (tertiary alicyclic amines) is 1. The van der Waals surface area contributed by atoms with Gasteiger partial charge in [0.25, 0.3) is 0 Å². The average molecular weight is 245 g/mol. The summed E-state index contributed by atoms with van der Waals surface area (Å²) in [5.41, 5.74) is 1.97. The number of hydrogen-bond acceptors (Lipinski definition) is 2. The number of rotatable bonds is 4. The van der Waals surface area contributed by atoms with Gasteiger partial charge in [-0.05, 0) is 30.2 Å². The number of aliphatic hydroxyl groups excluding tert-OH is 1. The summed E-state index contributed by atoms with van der Waals surface area (Å²) in [4.78, 5) is 2.48. The van der Waals surface area contributed by atoms with E-state index >= 15 is 0 Å². The van der Waals surface area contributed by atoms with Crippen LogP contribution in [0.2, 0.25) is 0 Å². The van der Waals surface area contributed by atoms with Crippen LogP contribution >= 0.6 is 0 Å². The van der Waals surface area contributed by atoms with Crippen molar-refractivity contribution < 1.29 is 5.11 Å². The second kappa shape index (κ2) is 5.02. The predicted octanol–water partition coefficient (Wildman–Crippen LogP) is 2.47. The second-order valence-electron chi connectivity index (χ2n) is 6.14. The van der Waals surface area contributed by atoms with Gasteiger partial charge >= 0.3 is 0 Å². The molecule has 1 atom stereocenters. The largest absolute Gasteiger partial charge is 0.395 e. The molecule has 0 unspecified atom stereocenters. The highest BCUT2D eigenvalue weighted by Gasteiger charge is 2.46. The van der Waals surface area contributed by atoms with Crippen molar-refractivity contribution in [2.24, 2.45) is 5.41 Å². The molecule has 1 saturated heterocycles. The molecule has 1 aromatic carbocycles. The van der Waals surface area contributed by atoms with Crippen LogP contribution in [-0.2, 0) is 6.42 Å². The van der Waals surface area contributed by atoms with Crippen molar-refractivity contribution in [1.82, 2.24) is 4.90 Å². The molecule has 1 aliphatic heterocycles. The molecule has 1 aromatic rings. The minimum atomic E-state index is 0.283. The van der Waals surface area contributed by atoms with Crippen LogP contribution in [0.15, 0.2) is 30.3 Å². The molecule has 1 N–H and O–H groups in total. The van der Waals surface area contributed by atoms with Crippen LogP contribution in [0.25, 0.3) is 0 Å². The molecule has 18 heavy (non-hydrogen) atoms. The van der Waals surface area contributed by atoms with Crippen LogP contribution in [0.5, 0.6) is 0 Å². The van der Waals surface area contributed by atoms with Gasteiger partial charge in [-0.25, -0.2) is 0 Å². The summed E-state index contributed by atoms with van der Waals surface area (Å²) in [6.07, 6.45) is 6.63. The lowest BCUT2D eigenvalue weighted by molar-refractivity contribution is -0.0417. The van der Waals surface area contributed by atoms with Crippen molar-refractivity contribution in [3.8, 4) is 0 Å². The first-order chi connectivity index (χ1) is 8.81. The Hall–Kier alpha value is -0.860. The summed E-state index contributed by atoms with van der Waals surface area (Å²) in [6, 6.07) is 10.9. The van der Waals surface area contributed by atoms with Gasteiger partial charge in [0.15, 0.2) is 0 Å². The third-order valence-corrected chi connectivity index (χ3v) is 4.78. The van der Waals surface area contributed by atoms with E-state index < -0.39 is 0 Å². The monoisotopic (exact) mass is 245 g/mol. The van der Waals surface area contributed by atoms with E-state index in [-0.39, 0.29) is 6.61 Å². The number of benzene rings is 1. The predicted molar refractivity (Wildman–Crippen MR) is 73.5 cm³/mol. The Bertz CT molecular complexity index is 375. The fraction of sp³-hybridized carbons (Fsp3) is 0.625. The van der Waals surface area contributed by atoms with Gasteiger partial charge in [0.2, 0.25) is 0 Å². The third-order valence-electron chi connectivity index (χ3n) is 4.78. The molecule has 2 fully saturated rings. The molecular formula is C16H23NO. The lowest BCUT2D eigenvalue weighted by atomic mass is 9.77. The first-order valence-corrected chi connectivity index (χ1v) is 7.20. The molecule has 0 amide bonds. The molecule has 2 nitrogen and oxygen atoms in total. The maximum Gasteiger partial charge on any atom is 0.0590 e. The van der Waals surface area contributed by atoms with E-state index in [0.29, 0.717) is 11.5 Å². The standard InChI is InChI=1S/C16H23NO/c18-11-15(10-14-6-2-1-3-7-14)17-12-16(13-17)8-4-5-9-16/h1-3,6-7,15,18H,4-5,8-13H2/t15-/m0/s1. The Morgan fingerprint density at radius 1 is 1.11 bits per heavy atom. The molecule has 1 heterocycles. The van der Waals surface area contributed by atoms with E-state index in [2.05, 4.69) is 35.2 Å². The zero-order chi connectivity index (χ0) is 12.4. The topological polar surface area (TPSA) is 23.5 Å². The van der Waals surface area contributed by atoms with Crippen LogP contribution < -0.4 is 0 Å². The molecule has 2 aliphatic rings. The Morgan fingerprint density at radius 3 is 2.39 bits per heavy atom. The molecule has 98 valence electrons. The smallest absolute Gasteiger partial charge is 0.0590 e. The Morgan fingerprint density at radius 2 is 1.78 bits per heavy atom. The van der Waals surface area contributed by atoms with E-state index in [1.165, 1.54) is 44.3 Å². The van der Waals surface area contributed by atoms with E-state index in [4.69, 9.17) is 0 Å². The molecule has 1 spiro atoms. The SMILES string of the molecule is OC[C@H](Cc1ccccc1)N1CC2(CCCC2)C1.